The van der Waals surface area contributed by atoms with Crippen molar-refractivity contribution in [3.8, 4) is 0 Å². The zero-order valence-electron chi connectivity index (χ0n) is 25.9. The van der Waals surface area contributed by atoms with E-state index in [9.17, 15) is 27.9 Å². The van der Waals surface area contributed by atoms with Gasteiger partial charge >= 0.3 is 6.09 Å². The number of nitrogens with one attached hydrogen (secondary N) is 3. The Bertz CT molecular complexity index is 1300. The van der Waals surface area contributed by atoms with Crippen LogP contribution in [0.5, 0.6) is 0 Å². The lowest BCUT2D eigenvalue weighted by atomic mass is 9.86. The third kappa shape index (κ3) is 12.3. The second-order valence-electron chi connectivity index (χ2n) is 12.2. The summed E-state index contributed by atoms with van der Waals surface area (Å²) in [7, 11) is -3.94. The molecule has 0 radical (unpaired) electrons. The minimum absolute atomic E-state index is 0.116. The molecule has 2 aromatic rings. The molecule has 0 fully saturated rings. The van der Waals surface area contributed by atoms with Crippen LogP contribution in [0.2, 0.25) is 0 Å². The van der Waals surface area contributed by atoms with Crippen LogP contribution in [0.4, 0.5) is 4.79 Å². The summed E-state index contributed by atoms with van der Waals surface area (Å²) < 4.78 is 33.5. The SMILES string of the molecule is CC(C)CCN(C[C@@H](O)[C@](C)(Cc1ccccc1)NC(=O)CCC(=O)NNC(=O)OC(C)(C)C)S(=O)(=O)c1ccccc1. The number of aliphatic hydroxyl groups is 1. The molecule has 11 nitrogen and oxygen atoms in total. The van der Waals surface area contributed by atoms with Crippen LogP contribution >= 0.6 is 0 Å². The molecule has 0 aromatic heterocycles. The molecule has 0 spiro atoms. The summed E-state index contributed by atoms with van der Waals surface area (Å²) in [6.07, 6.45) is -1.84. The Morgan fingerprint density at radius 2 is 1.44 bits per heavy atom. The first kappa shape index (κ1) is 35.7. The molecule has 0 saturated heterocycles. The number of aliphatic hydroxyl groups excluding tert-OH is 1. The number of benzene rings is 2. The third-order valence-corrected chi connectivity index (χ3v) is 8.45. The highest BCUT2D eigenvalue weighted by Crippen LogP contribution is 2.23. The van der Waals surface area contributed by atoms with Gasteiger partial charge in [-0.15, -0.1) is 0 Å². The molecule has 12 heteroatoms. The van der Waals surface area contributed by atoms with E-state index in [-0.39, 0.29) is 43.2 Å². The van der Waals surface area contributed by atoms with Crippen LogP contribution in [0.1, 0.15) is 66.4 Å². The van der Waals surface area contributed by atoms with Gasteiger partial charge in [0.15, 0.2) is 0 Å². The lowest BCUT2D eigenvalue weighted by Crippen LogP contribution is -2.59. The summed E-state index contributed by atoms with van der Waals surface area (Å²) in [6.45, 7) is 10.6. The van der Waals surface area contributed by atoms with E-state index in [4.69, 9.17) is 4.74 Å². The Morgan fingerprint density at radius 3 is 2.00 bits per heavy atom. The topological polar surface area (TPSA) is 154 Å². The summed E-state index contributed by atoms with van der Waals surface area (Å²) in [5, 5.41) is 14.4. The molecule has 0 aliphatic rings. The summed E-state index contributed by atoms with van der Waals surface area (Å²) in [4.78, 5) is 37.2. The largest absolute Gasteiger partial charge is 0.443 e. The van der Waals surface area contributed by atoms with Crippen molar-refractivity contribution in [1.82, 2.24) is 20.5 Å². The third-order valence-electron chi connectivity index (χ3n) is 6.57. The number of hydrogen-bond acceptors (Lipinski definition) is 7. The molecule has 4 N–H and O–H groups in total. The number of ether oxygens (including phenoxy) is 1. The Balaban J connectivity index is 2.20. The quantitative estimate of drug-likeness (QED) is 0.236. The highest BCUT2D eigenvalue weighted by atomic mass is 32.2. The molecular weight excluding hydrogens is 572 g/mol. The van der Waals surface area contributed by atoms with E-state index >= 15 is 0 Å². The normalized spacial score (nSPS) is 14.1. The van der Waals surface area contributed by atoms with Crippen LogP contribution in [-0.2, 0) is 30.8 Å². The molecule has 2 rings (SSSR count). The fourth-order valence-electron chi connectivity index (χ4n) is 4.21. The number of hydrogen-bond donors (Lipinski definition) is 4. The predicted octanol–water partition coefficient (Wildman–Crippen LogP) is 3.54. The van der Waals surface area contributed by atoms with Crippen LogP contribution in [-0.4, -0.2) is 66.1 Å². The molecule has 238 valence electrons. The monoisotopic (exact) mass is 618 g/mol. The van der Waals surface area contributed by atoms with Gasteiger partial charge < -0.3 is 15.2 Å². The molecule has 0 aliphatic carbocycles. The van der Waals surface area contributed by atoms with Crippen LogP contribution in [0.25, 0.3) is 0 Å². The van der Waals surface area contributed by atoms with Crippen molar-refractivity contribution in [2.24, 2.45) is 5.92 Å². The second-order valence-corrected chi connectivity index (χ2v) is 14.1. The van der Waals surface area contributed by atoms with Crippen LogP contribution < -0.4 is 16.2 Å². The van der Waals surface area contributed by atoms with E-state index in [1.54, 1.807) is 45.9 Å². The maximum atomic E-state index is 13.6. The van der Waals surface area contributed by atoms with Crippen LogP contribution in [0.15, 0.2) is 65.6 Å². The first-order chi connectivity index (χ1) is 20.0. The van der Waals surface area contributed by atoms with Gasteiger partial charge in [0.25, 0.3) is 0 Å². The van der Waals surface area contributed by atoms with Crippen molar-refractivity contribution < 1.29 is 32.6 Å². The van der Waals surface area contributed by atoms with Gasteiger partial charge in [-0.1, -0.05) is 62.4 Å². The van der Waals surface area contributed by atoms with Gasteiger partial charge in [-0.05, 0) is 64.2 Å². The first-order valence-corrected chi connectivity index (χ1v) is 15.8. The Hall–Kier alpha value is -3.48. The lowest BCUT2D eigenvalue weighted by Gasteiger charge is -2.38. The van der Waals surface area contributed by atoms with Gasteiger partial charge in [-0.2, -0.15) is 4.31 Å². The maximum absolute atomic E-state index is 13.6. The van der Waals surface area contributed by atoms with E-state index in [0.29, 0.717) is 6.42 Å². The molecule has 3 amide bonds. The van der Waals surface area contributed by atoms with Crippen molar-refractivity contribution in [3.05, 3.63) is 66.2 Å². The summed E-state index contributed by atoms with van der Waals surface area (Å²) in [5.74, 6) is -0.915. The van der Waals surface area contributed by atoms with Crippen molar-refractivity contribution in [3.63, 3.8) is 0 Å². The highest BCUT2D eigenvalue weighted by molar-refractivity contribution is 7.89. The molecule has 2 aromatic carbocycles. The number of hydrazine groups is 1. The van der Waals surface area contributed by atoms with Gasteiger partial charge in [0.1, 0.15) is 5.60 Å². The molecule has 0 unspecified atom stereocenters. The van der Waals surface area contributed by atoms with Crippen molar-refractivity contribution in [2.75, 3.05) is 13.1 Å². The first-order valence-electron chi connectivity index (χ1n) is 14.4. The summed E-state index contributed by atoms with van der Waals surface area (Å²) >= 11 is 0. The number of sulfonamides is 1. The van der Waals surface area contributed by atoms with E-state index in [1.165, 1.54) is 16.4 Å². The molecule has 2 atom stereocenters. The van der Waals surface area contributed by atoms with E-state index < -0.39 is 45.2 Å². The van der Waals surface area contributed by atoms with Crippen molar-refractivity contribution >= 4 is 27.9 Å². The minimum atomic E-state index is -3.94. The van der Waals surface area contributed by atoms with Gasteiger partial charge in [-0.3, -0.25) is 15.0 Å². The molecule has 43 heavy (non-hydrogen) atoms. The molecule has 0 bridgehead atoms. The Morgan fingerprint density at radius 1 is 0.884 bits per heavy atom. The average molecular weight is 619 g/mol. The standard InChI is InChI=1S/C31H46N4O7S/c1-23(2)19-20-35(43(40,41)25-15-11-8-12-16-25)22-26(36)31(6,21-24-13-9-7-10-14-24)32-27(37)17-18-28(38)33-34-29(39)42-30(3,4)5/h7-16,23,26,36H,17-22H2,1-6H3,(H,32,37)(H,33,38)(H,34,39)/t26-,31+/m1/s1. The summed E-state index contributed by atoms with van der Waals surface area (Å²) in [6, 6.07) is 17.3. The van der Waals surface area contributed by atoms with Crippen molar-refractivity contribution in [2.45, 2.75) is 89.4 Å². The van der Waals surface area contributed by atoms with E-state index in [2.05, 4.69) is 16.2 Å². The fourth-order valence-corrected chi connectivity index (χ4v) is 5.69. The fraction of sp³-hybridized carbons (Fsp3) is 0.516. The lowest BCUT2D eigenvalue weighted by molar-refractivity contribution is -0.128. The highest BCUT2D eigenvalue weighted by Gasteiger charge is 2.38. The van der Waals surface area contributed by atoms with Gasteiger partial charge in [-0.25, -0.2) is 18.6 Å². The Labute approximate surface area is 255 Å². The van der Waals surface area contributed by atoms with E-state index in [1.807, 2.05) is 44.2 Å². The number of carbonyl (C=O) groups excluding carboxylic acids is 3. The van der Waals surface area contributed by atoms with Gasteiger partial charge in [0.2, 0.25) is 21.8 Å². The van der Waals surface area contributed by atoms with Crippen molar-refractivity contribution in [1.29, 1.82) is 0 Å². The smallest absolute Gasteiger partial charge is 0.426 e. The zero-order valence-corrected chi connectivity index (χ0v) is 26.7. The van der Waals surface area contributed by atoms with E-state index in [0.717, 1.165) is 5.56 Å². The maximum Gasteiger partial charge on any atom is 0.426 e. The van der Waals surface area contributed by atoms with Crippen LogP contribution in [0.3, 0.4) is 0 Å². The average Bonchev–Trinajstić information content (AvgIpc) is 2.92. The minimum Gasteiger partial charge on any atom is -0.443 e. The van der Waals surface area contributed by atoms with Crippen LogP contribution in [0, 0.1) is 5.92 Å². The Kier molecular flexibility index (Phi) is 13.2. The zero-order chi connectivity index (χ0) is 32.3. The molecule has 0 heterocycles. The molecular formula is C31H46N4O7S. The molecule has 0 saturated carbocycles. The predicted molar refractivity (Wildman–Crippen MR) is 164 cm³/mol. The van der Waals surface area contributed by atoms with Gasteiger partial charge in [0.05, 0.1) is 16.5 Å². The second kappa shape index (κ2) is 15.8. The number of nitrogens with zero attached hydrogens (tertiary/aromatic N) is 1. The molecule has 0 aliphatic heterocycles. The number of carbonyl (C=O) groups is 3. The van der Waals surface area contributed by atoms with Gasteiger partial charge in [0, 0.05) is 25.9 Å². The number of amides is 3. The number of rotatable bonds is 14. The summed E-state index contributed by atoms with van der Waals surface area (Å²) in [5.41, 5.74) is 3.13.